The molecule has 1 unspecified atom stereocenters. The van der Waals surface area contributed by atoms with Crippen molar-refractivity contribution in [3.63, 3.8) is 0 Å². The van der Waals surface area contributed by atoms with Crippen LogP contribution in [-0.2, 0) is 9.84 Å². The van der Waals surface area contributed by atoms with Crippen LogP contribution in [0.15, 0.2) is 12.1 Å². The van der Waals surface area contributed by atoms with Crippen molar-refractivity contribution in [3.05, 3.63) is 28.5 Å². The summed E-state index contributed by atoms with van der Waals surface area (Å²) in [5.74, 6) is -1.66. The normalized spacial score (nSPS) is 13.9. The highest BCUT2D eigenvalue weighted by Crippen LogP contribution is 2.23. The van der Waals surface area contributed by atoms with Gasteiger partial charge in [0.05, 0.1) is 11.3 Å². The second kappa shape index (κ2) is 4.68. The first-order chi connectivity index (χ1) is 8.69. The zero-order chi connectivity index (χ0) is 14.4. The second-order valence-corrected chi connectivity index (χ2v) is 7.09. The van der Waals surface area contributed by atoms with Gasteiger partial charge in [-0.15, -0.1) is 0 Å². The van der Waals surface area contributed by atoms with Crippen LogP contribution < -0.4 is 0 Å². The van der Waals surface area contributed by atoms with Crippen molar-refractivity contribution in [1.29, 1.82) is 0 Å². The maximum Gasteiger partial charge on any atom is 0.178 e. The third-order valence-electron chi connectivity index (χ3n) is 2.73. The van der Waals surface area contributed by atoms with E-state index in [-0.39, 0.29) is 21.6 Å². The molecule has 0 aliphatic rings. The van der Waals surface area contributed by atoms with E-state index in [4.69, 9.17) is 12.2 Å². The Kier molecular flexibility index (Phi) is 3.48. The smallest absolute Gasteiger partial charge is 0.178 e. The second-order valence-electron chi connectivity index (χ2n) is 4.52. The lowest BCUT2D eigenvalue weighted by Crippen LogP contribution is -2.16. The molecule has 104 valence electrons. The lowest BCUT2D eigenvalue weighted by molar-refractivity contribution is 0.564. The van der Waals surface area contributed by atoms with Crippen LogP contribution in [0.4, 0.5) is 8.78 Å². The molecule has 1 aromatic heterocycles. The summed E-state index contributed by atoms with van der Waals surface area (Å²) >= 11 is 5.04. The third kappa shape index (κ3) is 2.84. The van der Waals surface area contributed by atoms with Crippen molar-refractivity contribution < 1.29 is 17.2 Å². The van der Waals surface area contributed by atoms with Crippen LogP contribution in [0.1, 0.15) is 13.0 Å². The average molecular weight is 306 g/mol. The third-order valence-corrected chi connectivity index (χ3v) is 4.12. The Morgan fingerprint density at radius 1 is 1.42 bits per heavy atom. The van der Waals surface area contributed by atoms with Gasteiger partial charge in [0.25, 0.3) is 0 Å². The molecule has 8 heteroatoms. The van der Waals surface area contributed by atoms with Gasteiger partial charge in [0.1, 0.15) is 21.2 Å². The summed E-state index contributed by atoms with van der Waals surface area (Å²) in [6.07, 6.45) is 1.10. The summed E-state index contributed by atoms with van der Waals surface area (Å²) in [5.41, 5.74) is 0.297. The fourth-order valence-corrected chi connectivity index (χ4v) is 3.51. The lowest BCUT2D eigenvalue weighted by Gasteiger charge is -2.13. The highest BCUT2D eigenvalue weighted by atomic mass is 32.2. The molecule has 0 aliphatic carbocycles. The number of halogens is 2. The van der Waals surface area contributed by atoms with Gasteiger partial charge in [0.15, 0.2) is 10.6 Å². The molecule has 0 saturated heterocycles. The molecule has 2 aromatic rings. The standard InChI is InChI=1S/C11H12F2N2O2S2/c1-6(5-19(2,16)17)15-9-4-7(12)3-8(13)10(9)14-11(15)18/h3-4,6H,5H2,1-2H3,(H,14,18). The van der Waals surface area contributed by atoms with Crippen LogP contribution in [0.3, 0.4) is 0 Å². The number of benzene rings is 1. The number of nitrogens with zero attached hydrogens (tertiary/aromatic N) is 1. The number of nitrogens with one attached hydrogen (secondary N) is 1. The molecule has 19 heavy (non-hydrogen) atoms. The van der Waals surface area contributed by atoms with E-state index in [1.807, 2.05) is 0 Å². The van der Waals surface area contributed by atoms with Gasteiger partial charge in [-0.3, -0.25) is 0 Å². The molecule has 0 radical (unpaired) electrons. The first-order valence-corrected chi connectivity index (χ1v) is 7.93. The molecular weight excluding hydrogens is 294 g/mol. The Labute approximate surface area is 114 Å². The summed E-state index contributed by atoms with van der Waals surface area (Å²) in [6.45, 7) is 1.63. The van der Waals surface area contributed by atoms with Crippen LogP contribution >= 0.6 is 12.2 Å². The van der Waals surface area contributed by atoms with Crippen molar-refractivity contribution in [2.75, 3.05) is 12.0 Å². The van der Waals surface area contributed by atoms with Gasteiger partial charge >= 0.3 is 0 Å². The zero-order valence-corrected chi connectivity index (χ0v) is 11.9. The van der Waals surface area contributed by atoms with Crippen molar-refractivity contribution in [2.45, 2.75) is 13.0 Å². The van der Waals surface area contributed by atoms with E-state index in [0.29, 0.717) is 0 Å². The molecular formula is C11H12F2N2O2S2. The maximum atomic E-state index is 13.6. The molecule has 0 spiro atoms. The molecule has 1 heterocycles. The topological polar surface area (TPSA) is 54.9 Å². The van der Waals surface area contributed by atoms with Gasteiger partial charge in [-0.25, -0.2) is 17.2 Å². The number of hydrogen-bond acceptors (Lipinski definition) is 3. The van der Waals surface area contributed by atoms with Gasteiger partial charge in [-0.05, 0) is 25.2 Å². The molecule has 0 fully saturated rings. The van der Waals surface area contributed by atoms with E-state index in [1.54, 1.807) is 6.92 Å². The quantitative estimate of drug-likeness (QED) is 0.887. The van der Waals surface area contributed by atoms with Crippen molar-refractivity contribution in [2.24, 2.45) is 0 Å². The van der Waals surface area contributed by atoms with E-state index in [9.17, 15) is 17.2 Å². The molecule has 0 aliphatic heterocycles. The van der Waals surface area contributed by atoms with Crippen molar-refractivity contribution in [3.8, 4) is 0 Å². The molecule has 2 rings (SSSR count). The molecule has 0 saturated carbocycles. The maximum absolute atomic E-state index is 13.6. The van der Waals surface area contributed by atoms with E-state index < -0.39 is 27.5 Å². The van der Waals surface area contributed by atoms with Gasteiger partial charge < -0.3 is 9.55 Å². The van der Waals surface area contributed by atoms with Crippen LogP contribution in [0.25, 0.3) is 11.0 Å². The lowest BCUT2D eigenvalue weighted by atomic mass is 10.2. The minimum absolute atomic E-state index is 0.0757. The SMILES string of the molecule is CC(CS(C)(=O)=O)n1c(=S)[nH]c2c(F)cc(F)cc21. The van der Waals surface area contributed by atoms with Gasteiger partial charge in [-0.2, -0.15) is 0 Å². The number of rotatable bonds is 3. The number of hydrogen-bond donors (Lipinski definition) is 1. The number of aromatic amines is 1. The number of fused-ring (bicyclic) bond motifs is 1. The Hall–Kier alpha value is -1.28. The molecule has 1 N–H and O–H groups in total. The summed E-state index contributed by atoms with van der Waals surface area (Å²) < 4.78 is 51.1. The Morgan fingerprint density at radius 2 is 2.05 bits per heavy atom. The molecule has 1 atom stereocenters. The van der Waals surface area contributed by atoms with Crippen LogP contribution in [-0.4, -0.2) is 30.0 Å². The van der Waals surface area contributed by atoms with Crippen LogP contribution in [0.2, 0.25) is 0 Å². The van der Waals surface area contributed by atoms with Crippen LogP contribution in [0, 0.1) is 16.4 Å². The number of sulfone groups is 1. The molecule has 0 amide bonds. The minimum atomic E-state index is -3.22. The fourth-order valence-electron chi connectivity index (χ4n) is 2.10. The Bertz CT molecular complexity index is 793. The zero-order valence-electron chi connectivity index (χ0n) is 10.3. The van der Waals surface area contributed by atoms with Crippen molar-refractivity contribution in [1.82, 2.24) is 9.55 Å². The summed E-state index contributed by atoms with van der Waals surface area (Å²) in [6, 6.07) is 1.36. The monoisotopic (exact) mass is 306 g/mol. The van der Waals surface area contributed by atoms with Crippen molar-refractivity contribution >= 4 is 33.1 Å². The fraction of sp³-hybridized carbons (Fsp3) is 0.364. The van der Waals surface area contributed by atoms with Gasteiger partial charge in [-0.1, -0.05) is 0 Å². The highest BCUT2D eigenvalue weighted by molar-refractivity contribution is 7.90. The summed E-state index contributed by atoms with van der Waals surface area (Å²) in [4.78, 5) is 2.63. The predicted molar refractivity (Wildman–Crippen MR) is 71.5 cm³/mol. The summed E-state index contributed by atoms with van der Waals surface area (Å²) in [7, 11) is -3.22. The Balaban J connectivity index is 2.67. The predicted octanol–water partition coefficient (Wildman–Crippen LogP) is 2.58. The van der Waals surface area contributed by atoms with Gasteiger partial charge in [0, 0.05) is 18.4 Å². The number of imidazole rings is 1. The first kappa shape index (κ1) is 14.1. The Morgan fingerprint density at radius 3 is 2.63 bits per heavy atom. The van der Waals surface area contributed by atoms with Crippen LogP contribution in [0.5, 0.6) is 0 Å². The highest BCUT2D eigenvalue weighted by Gasteiger charge is 2.18. The minimum Gasteiger partial charge on any atom is -0.328 e. The summed E-state index contributed by atoms with van der Waals surface area (Å²) in [5, 5.41) is 0. The van der Waals surface area contributed by atoms with E-state index in [2.05, 4.69) is 4.98 Å². The molecule has 1 aromatic carbocycles. The average Bonchev–Trinajstić information content (AvgIpc) is 2.52. The largest absolute Gasteiger partial charge is 0.328 e. The van der Waals surface area contributed by atoms with E-state index >= 15 is 0 Å². The molecule has 4 nitrogen and oxygen atoms in total. The number of H-pyrrole nitrogens is 1. The van der Waals surface area contributed by atoms with Gasteiger partial charge in [0.2, 0.25) is 0 Å². The molecule has 0 bridgehead atoms. The van der Waals surface area contributed by atoms with E-state index in [0.717, 1.165) is 18.4 Å². The van der Waals surface area contributed by atoms with E-state index in [1.165, 1.54) is 4.57 Å². The first-order valence-electron chi connectivity index (χ1n) is 5.46. The number of aromatic nitrogens is 2.